The third kappa shape index (κ3) is 5.49. The van der Waals surface area contributed by atoms with E-state index in [1.807, 2.05) is 0 Å². The van der Waals surface area contributed by atoms with Crippen molar-refractivity contribution in [1.82, 2.24) is 5.43 Å². The molecular weight excluding hydrogens is 399 g/mol. The van der Waals surface area contributed by atoms with Gasteiger partial charge in [0.2, 0.25) is 0 Å². The largest absolute Gasteiger partial charge is 0.508 e. The number of ether oxygens (including phenoxy) is 1. The third-order valence-electron chi connectivity index (χ3n) is 3.80. The zero-order valence-electron chi connectivity index (χ0n) is 14.6. The summed E-state index contributed by atoms with van der Waals surface area (Å²) in [6.45, 7) is 0.290. The predicted octanol–water partition coefficient (Wildman–Crippen LogP) is 5.04. The number of hydrogen-bond donors (Lipinski definition) is 2. The van der Waals surface area contributed by atoms with Crippen molar-refractivity contribution in [1.29, 1.82) is 0 Å². The van der Waals surface area contributed by atoms with Gasteiger partial charge >= 0.3 is 0 Å². The number of carbonyl (C=O) groups is 1. The van der Waals surface area contributed by atoms with E-state index in [-0.39, 0.29) is 11.7 Å². The van der Waals surface area contributed by atoms with Gasteiger partial charge in [0.25, 0.3) is 5.91 Å². The van der Waals surface area contributed by atoms with E-state index in [9.17, 15) is 9.90 Å². The van der Waals surface area contributed by atoms with E-state index >= 15 is 0 Å². The summed E-state index contributed by atoms with van der Waals surface area (Å²) in [4.78, 5) is 12.1. The number of nitrogens with one attached hydrogen (secondary N) is 1. The normalized spacial score (nSPS) is 10.8. The molecule has 0 atom stereocenters. The SMILES string of the molecule is O=C(N/N=C/c1ccc(O)cc1)c1ccc(OCc2ccc(Cl)cc2Cl)cc1. The molecule has 0 unspecified atom stereocenters. The maximum absolute atomic E-state index is 12.1. The number of hydrazone groups is 1. The zero-order chi connectivity index (χ0) is 19.9. The summed E-state index contributed by atoms with van der Waals surface area (Å²) >= 11 is 12.0. The lowest BCUT2D eigenvalue weighted by molar-refractivity contribution is 0.0955. The molecule has 0 fully saturated rings. The standard InChI is InChI=1S/C21H16Cl2N2O3/c22-17-6-3-16(20(23)11-17)13-28-19-9-4-15(5-10-19)21(27)25-24-12-14-1-7-18(26)8-2-14/h1-12,26H,13H2,(H,25,27)/b24-12+. The molecule has 0 aliphatic carbocycles. The Morgan fingerprint density at radius 1 is 1.04 bits per heavy atom. The maximum Gasteiger partial charge on any atom is 0.271 e. The van der Waals surface area contributed by atoms with Crippen molar-refractivity contribution < 1.29 is 14.6 Å². The van der Waals surface area contributed by atoms with Gasteiger partial charge in [0.1, 0.15) is 18.1 Å². The van der Waals surface area contributed by atoms with Crippen molar-refractivity contribution in [3.8, 4) is 11.5 Å². The van der Waals surface area contributed by atoms with Crippen molar-refractivity contribution in [2.45, 2.75) is 6.61 Å². The first kappa shape index (κ1) is 19.7. The van der Waals surface area contributed by atoms with Crippen LogP contribution in [0.1, 0.15) is 21.5 Å². The Morgan fingerprint density at radius 2 is 1.75 bits per heavy atom. The van der Waals surface area contributed by atoms with Crippen LogP contribution in [-0.2, 0) is 6.61 Å². The molecule has 0 saturated carbocycles. The number of hydrogen-bond acceptors (Lipinski definition) is 4. The molecule has 0 aromatic heterocycles. The van der Waals surface area contributed by atoms with Crippen molar-refractivity contribution >= 4 is 35.3 Å². The molecule has 7 heteroatoms. The first-order valence-corrected chi connectivity index (χ1v) is 9.06. The van der Waals surface area contributed by atoms with Crippen LogP contribution in [0.5, 0.6) is 11.5 Å². The number of amides is 1. The molecule has 3 aromatic carbocycles. The van der Waals surface area contributed by atoms with Gasteiger partial charge in [0.15, 0.2) is 0 Å². The second-order valence-corrected chi connectivity index (χ2v) is 6.68. The third-order valence-corrected chi connectivity index (χ3v) is 4.39. The molecule has 0 aliphatic rings. The minimum Gasteiger partial charge on any atom is -0.508 e. The van der Waals surface area contributed by atoms with E-state index in [1.165, 1.54) is 6.21 Å². The summed E-state index contributed by atoms with van der Waals surface area (Å²) in [6, 6.07) is 18.3. The number of halogens is 2. The van der Waals surface area contributed by atoms with Crippen LogP contribution in [0, 0.1) is 0 Å². The monoisotopic (exact) mass is 414 g/mol. The lowest BCUT2D eigenvalue weighted by atomic mass is 10.2. The first-order valence-electron chi connectivity index (χ1n) is 8.30. The van der Waals surface area contributed by atoms with Crippen molar-refractivity contribution in [2.24, 2.45) is 5.10 Å². The van der Waals surface area contributed by atoms with E-state index in [2.05, 4.69) is 10.5 Å². The van der Waals surface area contributed by atoms with Crippen LogP contribution in [-0.4, -0.2) is 17.2 Å². The zero-order valence-corrected chi connectivity index (χ0v) is 16.1. The highest BCUT2D eigenvalue weighted by molar-refractivity contribution is 6.35. The van der Waals surface area contributed by atoms with Crippen molar-refractivity contribution in [3.05, 3.63) is 93.5 Å². The fourth-order valence-corrected chi connectivity index (χ4v) is 2.76. The Morgan fingerprint density at radius 3 is 2.43 bits per heavy atom. The quantitative estimate of drug-likeness (QED) is 0.438. The molecule has 0 aliphatic heterocycles. The number of aromatic hydroxyl groups is 1. The number of phenols is 1. The maximum atomic E-state index is 12.1. The fraction of sp³-hybridized carbons (Fsp3) is 0.0476. The van der Waals surface area contributed by atoms with E-state index in [4.69, 9.17) is 27.9 Å². The molecule has 3 aromatic rings. The van der Waals surface area contributed by atoms with E-state index in [0.717, 1.165) is 11.1 Å². The van der Waals surface area contributed by atoms with Crippen LogP contribution >= 0.6 is 23.2 Å². The number of benzene rings is 3. The lowest BCUT2D eigenvalue weighted by Gasteiger charge is -2.08. The van der Waals surface area contributed by atoms with Gasteiger partial charge in [-0.15, -0.1) is 0 Å². The topological polar surface area (TPSA) is 70.9 Å². The minimum atomic E-state index is -0.345. The Labute approximate surface area is 172 Å². The van der Waals surface area contributed by atoms with Crippen LogP contribution in [0.3, 0.4) is 0 Å². The molecule has 0 saturated heterocycles. The Bertz CT molecular complexity index is 988. The van der Waals surface area contributed by atoms with Crippen LogP contribution < -0.4 is 10.2 Å². The predicted molar refractivity (Wildman–Crippen MR) is 110 cm³/mol. The van der Waals surface area contributed by atoms with Crippen LogP contribution in [0.4, 0.5) is 0 Å². The summed E-state index contributed by atoms with van der Waals surface area (Å²) in [6.07, 6.45) is 1.49. The molecule has 0 spiro atoms. The Hall–Kier alpha value is -3.02. The van der Waals surface area contributed by atoms with E-state index in [1.54, 1.807) is 66.7 Å². The highest BCUT2D eigenvalue weighted by Crippen LogP contribution is 2.23. The molecule has 142 valence electrons. The van der Waals surface area contributed by atoms with Gasteiger partial charge < -0.3 is 9.84 Å². The fourth-order valence-electron chi connectivity index (χ4n) is 2.29. The summed E-state index contributed by atoms with van der Waals surface area (Å²) in [5.41, 5.74) is 4.46. The molecule has 0 radical (unpaired) electrons. The smallest absolute Gasteiger partial charge is 0.271 e. The molecule has 1 amide bonds. The average molecular weight is 415 g/mol. The van der Waals surface area contributed by atoms with Gasteiger partial charge in [-0.25, -0.2) is 5.43 Å². The van der Waals surface area contributed by atoms with Gasteiger partial charge in [0, 0.05) is 21.2 Å². The molecule has 0 heterocycles. The van der Waals surface area contributed by atoms with Crippen LogP contribution in [0.15, 0.2) is 71.8 Å². The number of rotatable bonds is 6. The molecule has 3 rings (SSSR count). The Kier molecular flexibility index (Phi) is 6.53. The highest BCUT2D eigenvalue weighted by atomic mass is 35.5. The molecule has 2 N–H and O–H groups in total. The van der Waals surface area contributed by atoms with Crippen molar-refractivity contribution in [2.75, 3.05) is 0 Å². The van der Waals surface area contributed by atoms with Gasteiger partial charge in [-0.2, -0.15) is 5.10 Å². The second kappa shape index (κ2) is 9.26. The van der Waals surface area contributed by atoms with Gasteiger partial charge in [-0.05, 0) is 66.2 Å². The second-order valence-electron chi connectivity index (χ2n) is 5.84. The van der Waals surface area contributed by atoms with Gasteiger partial charge in [-0.1, -0.05) is 29.3 Å². The molecule has 5 nitrogen and oxygen atoms in total. The summed E-state index contributed by atoms with van der Waals surface area (Å²) in [5.74, 6) is 0.430. The minimum absolute atomic E-state index is 0.168. The van der Waals surface area contributed by atoms with Gasteiger partial charge in [-0.3, -0.25) is 4.79 Å². The van der Waals surface area contributed by atoms with Crippen LogP contribution in [0.25, 0.3) is 0 Å². The average Bonchev–Trinajstić information content (AvgIpc) is 2.69. The van der Waals surface area contributed by atoms with E-state index < -0.39 is 0 Å². The number of carbonyl (C=O) groups excluding carboxylic acids is 1. The lowest BCUT2D eigenvalue weighted by Crippen LogP contribution is -2.17. The molecular formula is C21H16Cl2N2O3. The molecule has 28 heavy (non-hydrogen) atoms. The molecule has 0 bridgehead atoms. The van der Waals surface area contributed by atoms with Crippen molar-refractivity contribution in [3.63, 3.8) is 0 Å². The highest BCUT2D eigenvalue weighted by Gasteiger charge is 2.06. The van der Waals surface area contributed by atoms with E-state index in [0.29, 0.717) is 28.0 Å². The number of nitrogens with zero attached hydrogens (tertiary/aromatic N) is 1. The first-order chi connectivity index (χ1) is 13.5. The summed E-state index contributed by atoms with van der Waals surface area (Å²) < 4.78 is 5.69. The van der Waals surface area contributed by atoms with Gasteiger partial charge in [0.05, 0.1) is 6.21 Å². The summed E-state index contributed by atoms with van der Waals surface area (Å²) in [5, 5.41) is 14.2. The number of phenolic OH excluding ortho intramolecular Hbond substituents is 1. The summed E-state index contributed by atoms with van der Waals surface area (Å²) in [7, 11) is 0. The Balaban J connectivity index is 1.54. The van der Waals surface area contributed by atoms with Crippen LogP contribution in [0.2, 0.25) is 10.0 Å².